The highest BCUT2D eigenvalue weighted by molar-refractivity contribution is 5.85. The molecule has 0 aliphatic rings. The molecule has 4 N–H and O–H groups in total. The Morgan fingerprint density at radius 3 is 2.53 bits per heavy atom. The summed E-state index contributed by atoms with van der Waals surface area (Å²) in [6, 6.07) is -0.0402. The van der Waals surface area contributed by atoms with Crippen molar-refractivity contribution in [2.45, 2.75) is 64.5 Å². The van der Waals surface area contributed by atoms with Crippen LogP contribution in [0.15, 0.2) is 0 Å². The molecule has 2 unspecified atom stereocenters. The molecule has 0 aromatic rings. The van der Waals surface area contributed by atoms with Gasteiger partial charge in [0.15, 0.2) is 0 Å². The first-order chi connectivity index (χ1) is 7.79. The lowest BCUT2D eigenvalue weighted by Crippen LogP contribution is -2.53. The van der Waals surface area contributed by atoms with Gasteiger partial charge in [0.25, 0.3) is 0 Å². The van der Waals surface area contributed by atoms with Crippen molar-refractivity contribution in [3.8, 4) is 0 Å². The summed E-state index contributed by atoms with van der Waals surface area (Å²) in [4.78, 5) is 22.1. The molecular formula is C12H24N2O3. The van der Waals surface area contributed by atoms with Crippen molar-refractivity contribution in [1.29, 1.82) is 0 Å². The van der Waals surface area contributed by atoms with E-state index in [9.17, 15) is 9.59 Å². The molecule has 5 heteroatoms. The Kier molecular flexibility index (Phi) is 6.80. The first kappa shape index (κ1) is 15.9. The van der Waals surface area contributed by atoms with Crippen molar-refractivity contribution >= 4 is 11.9 Å². The van der Waals surface area contributed by atoms with Crippen molar-refractivity contribution in [3.63, 3.8) is 0 Å². The molecule has 0 bridgehead atoms. The molecule has 0 spiro atoms. The molecule has 0 saturated heterocycles. The summed E-state index contributed by atoms with van der Waals surface area (Å²) in [5.74, 6) is -0.972. The standard InChI is InChI=1S/C12H24N2O3/c1-4-8-12(3,13)11(17)14-9(2)6-5-7-10(15)16/h9H,4-8,13H2,1-3H3,(H,14,17)(H,15,16). The molecule has 5 nitrogen and oxygen atoms in total. The molecule has 0 fully saturated rings. The van der Waals surface area contributed by atoms with Gasteiger partial charge < -0.3 is 16.2 Å². The zero-order valence-electron chi connectivity index (χ0n) is 11.0. The molecule has 100 valence electrons. The van der Waals surface area contributed by atoms with Crippen molar-refractivity contribution in [1.82, 2.24) is 5.32 Å². The minimum atomic E-state index is -0.837. The number of nitrogens with two attached hydrogens (primary N) is 1. The van der Waals surface area contributed by atoms with E-state index >= 15 is 0 Å². The van der Waals surface area contributed by atoms with Crippen LogP contribution in [0, 0.1) is 0 Å². The third-order valence-electron chi connectivity index (χ3n) is 2.69. The Morgan fingerprint density at radius 2 is 2.06 bits per heavy atom. The minimum Gasteiger partial charge on any atom is -0.481 e. The van der Waals surface area contributed by atoms with Crippen LogP contribution in [-0.2, 0) is 9.59 Å². The summed E-state index contributed by atoms with van der Waals surface area (Å²) in [5, 5.41) is 11.3. The van der Waals surface area contributed by atoms with E-state index in [0.29, 0.717) is 19.3 Å². The first-order valence-corrected chi connectivity index (χ1v) is 6.11. The lowest BCUT2D eigenvalue weighted by atomic mass is 9.96. The molecule has 17 heavy (non-hydrogen) atoms. The van der Waals surface area contributed by atoms with Gasteiger partial charge in [0.05, 0.1) is 5.54 Å². The number of amides is 1. The van der Waals surface area contributed by atoms with Crippen LogP contribution in [0.1, 0.15) is 52.9 Å². The predicted molar refractivity (Wildman–Crippen MR) is 66.6 cm³/mol. The maximum atomic E-state index is 11.8. The summed E-state index contributed by atoms with van der Waals surface area (Å²) in [5.41, 5.74) is 5.05. The summed E-state index contributed by atoms with van der Waals surface area (Å²) < 4.78 is 0. The van der Waals surface area contributed by atoms with Crippen LogP contribution in [0.5, 0.6) is 0 Å². The molecule has 0 rings (SSSR count). The fourth-order valence-electron chi connectivity index (χ4n) is 1.65. The van der Waals surface area contributed by atoms with E-state index in [1.807, 2.05) is 13.8 Å². The second-order valence-electron chi connectivity index (χ2n) is 4.83. The van der Waals surface area contributed by atoms with Gasteiger partial charge >= 0.3 is 5.97 Å². The van der Waals surface area contributed by atoms with Gasteiger partial charge in [0, 0.05) is 12.5 Å². The highest BCUT2D eigenvalue weighted by Crippen LogP contribution is 2.10. The van der Waals surface area contributed by atoms with Gasteiger partial charge in [-0.3, -0.25) is 9.59 Å². The Bertz CT molecular complexity index is 264. The Balaban J connectivity index is 3.98. The number of hydrogen-bond acceptors (Lipinski definition) is 3. The minimum absolute atomic E-state index is 0.0402. The van der Waals surface area contributed by atoms with Crippen LogP contribution < -0.4 is 11.1 Å². The highest BCUT2D eigenvalue weighted by atomic mass is 16.4. The summed E-state index contributed by atoms with van der Waals surface area (Å²) >= 11 is 0. The molecular weight excluding hydrogens is 220 g/mol. The van der Waals surface area contributed by atoms with Crippen molar-refractivity contribution in [3.05, 3.63) is 0 Å². The highest BCUT2D eigenvalue weighted by Gasteiger charge is 2.27. The number of carbonyl (C=O) groups excluding carboxylic acids is 1. The van der Waals surface area contributed by atoms with E-state index in [1.165, 1.54) is 0 Å². The largest absolute Gasteiger partial charge is 0.481 e. The van der Waals surface area contributed by atoms with Gasteiger partial charge in [-0.1, -0.05) is 13.3 Å². The van der Waals surface area contributed by atoms with E-state index in [-0.39, 0.29) is 18.4 Å². The topological polar surface area (TPSA) is 92.4 Å². The van der Waals surface area contributed by atoms with Crippen LogP contribution in [0.3, 0.4) is 0 Å². The molecule has 0 aromatic carbocycles. The second kappa shape index (κ2) is 7.27. The normalized spacial score (nSPS) is 16.0. The molecule has 2 atom stereocenters. The SMILES string of the molecule is CCCC(C)(N)C(=O)NC(C)CCCC(=O)O. The van der Waals surface area contributed by atoms with Crippen LogP contribution in [0.25, 0.3) is 0 Å². The van der Waals surface area contributed by atoms with Gasteiger partial charge in [0.1, 0.15) is 0 Å². The average molecular weight is 244 g/mol. The van der Waals surface area contributed by atoms with Crippen molar-refractivity contribution in [2.24, 2.45) is 5.73 Å². The number of rotatable bonds is 8. The average Bonchev–Trinajstić information content (AvgIpc) is 2.16. The van der Waals surface area contributed by atoms with Gasteiger partial charge in [-0.25, -0.2) is 0 Å². The first-order valence-electron chi connectivity index (χ1n) is 6.11. The van der Waals surface area contributed by atoms with Crippen LogP contribution in [-0.4, -0.2) is 28.6 Å². The summed E-state index contributed by atoms with van der Waals surface area (Å²) in [6.45, 7) is 5.56. The molecule has 1 amide bonds. The van der Waals surface area contributed by atoms with Gasteiger partial charge in [0.2, 0.25) is 5.91 Å². The fourth-order valence-corrected chi connectivity index (χ4v) is 1.65. The van der Waals surface area contributed by atoms with E-state index < -0.39 is 11.5 Å². The third-order valence-corrected chi connectivity index (χ3v) is 2.69. The lowest BCUT2D eigenvalue weighted by molar-refractivity contribution is -0.137. The third kappa shape index (κ3) is 6.94. The maximum Gasteiger partial charge on any atom is 0.303 e. The number of nitrogens with one attached hydrogen (secondary N) is 1. The Hall–Kier alpha value is -1.10. The predicted octanol–water partition coefficient (Wildman–Crippen LogP) is 1.26. The van der Waals surface area contributed by atoms with E-state index in [1.54, 1.807) is 6.92 Å². The van der Waals surface area contributed by atoms with E-state index in [0.717, 1.165) is 6.42 Å². The van der Waals surface area contributed by atoms with Crippen molar-refractivity contribution in [2.75, 3.05) is 0 Å². The van der Waals surface area contributed by atoms with Gasteiger partial charge in [-0.05, 0) is 33.1 Å². The number of carboxylic acids is 1. The lowest BCUT2D eigenvalue weighted by Gasteiger charge is -2.25. The smallest absolute Gasteiger partial charge is 0.303 e. The molecule has 0 saturated carbocycles. The maximum absolute atomic E-state index is 11.8. The molecule has 0 aliphatic heterocycles. The van der Waals surface area contributed by atoms with Crippen LogP contribution in [0.2, 0.25) is 0 Å². The Morgan fingerprint density at radius 1 is 1.47 bits per heavy atom. The zero-order valence-corrected chi connectivity index (χ0v) is 11.0. The number of hydrogen-bond donors (Lipinski definition) is 3. The second-order valence-corrected chi connectivity index (χ2v) is 4.83. The van der Waals surface area contributed by atoms with Gasteiger partial charge in [-0.15, -0.1) is 0 Å². The molecule has 0 aromatic heterocycles. The van der Waals surface area contributed by atoms with E-state index in [4.69, 9.17) is 10.8 Å². The summed E-state index contributed by atoms with van der Waals surface area (Å²) in [6.07, 6.45) is 2.84. The molecule has 0 aliphatic carbocycles. The summed E-state index contributed by atoms with van der Waals surface area (Å²) in [7, 11) is 0. The quantitative estimate of drug-likeness (QED) is 0.599. The van der Waals surface area contributed by atoms with Crippen LogP contribution >= 0.6 is 0 Å². The molecule has 0 radical (unpaired) electrons. The number of carbonyl (C=O) groups is 2. The van der Waals surface area contributed by atoms with Crippen LogP contribution in [0.4, 0.5) is 0 Å². The number of carboxylic acid groups (broad SMARTS) is 1. The zero-order chi connectivity index (χ0) is 13.5. The van der Waals surface area contributed by atoms with Crippen molar-refractivity contribution < 1.29 is 14.7 Å². The fraction of sp³-hybridized carbons (Fsp3) is 0.833. The number of aliphatic carboxylic acids is 1. The Labute approximate surface area is 103 Å². The van der Waals surface area contributed by atoms with E-state index in [2.05, 4.69) is 5.32 Å². The van der Waals surface area contributed by atoms with Gasteiger partial charge in [-0.2, -0.15) is 0 Å². The monoisotopic (exact) mass is 244 g/mol. The molecule has 0 heterocycles.